The van der Waals surface area contributed by atoms with E-state index in [4.69, 9.17) is 67.3 Å². The van der Waals surface area contributed by atoms with Crippen molar-refractivity contribution in [3.63, 3.8) is 0 Å². The lowest BCUT2D eigenvalue weighted by molar-refractivity contribution is -0.123. The van der Waals surface area contributed by atoms with E-state index in [9.17, 15) is 4.79 Å². The van der Waals surface area contributed by atoms with Crippen molar-refractivity contribution in [2.24, 2.45) is 11.5 Å². The number of benzene rings is 1. The first-order valence-electron chi connectivity index (χ1n) is 7.47. The lowest BCUT2D eigenvalue weighted by atomic mass is 9.75. The van der Waals surface area contributed by atoms with Crippen LogP contribution in [0.1, 0.15) is 25.7 Å². The molecule has 134 valence electrons. The van der Waals surface area contributed by atoms with Gasteiger partial charge >= 0.3 is 0 Å². The Balaban J connectivity index is 1.99. The molecular formula is C15H12Cl4N2O3S. The molecule has 0 radical (unpaired) electrons. The minimum Gasteiger partial charge on any atom is -0.471 e. The molecule has 0 unspecified atom stereocenters. The van der Waals surface area contributed by atoms with Gasteiger partial charge in [-0.3, -0.25) is 4.79 Å². The summed E-state index contributed by atoms with van der Waals surface area (Å²) < 4.78 is 12.6. The van der Waals surface area contributed by atoms with E-state index in [0.717, 1.165) is 12.8 Å². The van der Waals surface area contributed by atoms with Crippen LogP contribution in [0.25, 0.3) is 0 Å². The predicted molar refractivity (Wildman–Crippen MR) is 99.7 cm³/mol. The van der Waals surface area contributed by atoms with E-state index in [0.29, 0.717) is 12.8 Å². The maximum Gasteiger partial charge on any atom is 0.251 e. The number of primary amides is 1. The first kappa shape index (κ1) is 17.7. The van der Waals surface area contributed by atoms with Crippen LogP contribution in [0.5, 0.6) is 11.5 Å². The van der Waals surface area contributed by atoms with Gasteiger partial charge < -0.3 is 20.9 Å². The number of nitrogens with two attached hydrogens (primary N) is 2. The highest BCUT2D eigenvalue weighted by Gasteiger charge is 2.69. The summed E-state index contributed by atoms with van der Waals surface area (Å²) in [7, 11) is 0. The molecule has 2 heterocycles. The molecule has 1 aromatic carbocycles. The number of fused-ring (bicyclic) bond motifs is 1. The van der Waals surface area contributed by atoms with Crippen LogP contribution in [0.15, 0.2) is 10.6 Å². The molecule has 0 spiro atoms. The van der Waals surface area contributed by atoms with Gasteiger partial charge in [-0.15, -0.1) is 0 Å². The normalized spacial score (nSPS) is 30.1. The largest absolute Gasteiger partial charge is 0.471 e. The van der Waals surface area contributed by atoms with Gasteiger partial charge in [0.2, 0.25) is 4.93 Å². The third-order valence-corrected chi connectivity index (χ3v) is 7.94. The quantitative estimate of drug-likeness (QED) is 0.495. The van der Waals surface area contributed by atoms with E-state index in [1.54, 1.807) is 0 Å². The van der Waals surface area contributed by atoms with Crippen LogP contribution in [0, 0.1) is 0 Å². The van der Waals surface area contributed by atoms with Gasteiger partial charge in [0.1, 0.15) is 10.0 Å². The Labute approximate surface area is 167 Å². The molecule has 1 aliphatic carbocycles. The monoisotopic (exact) mass is 440 g/mol. The number of halogens is 4. The average molecular weight is 442 g/mol. The summed E-state index contributed by atoms with van der Waals surface area (Å²) in [6, 6.07) is 0. The van der Waals surface area contributed by atoms with Crippen molar-refractivity contribution in [2.45, 2.75) is 36.2 Å². The molecule has 4 rings (SSSR count). The zero-order valence-electron chi connectivity index (χ0n) is 12.6. The van der Waals surface area contributed by atoms with Crippen LogP contribution in [-0.2, 0) is 4.79 Å². The van der Waals surface area contributed by atoms with Crippen molar-refractivity contribution in [3.05, 3.63) is 30.7 Å². The average Bonchev–Trinajstić information content (AvgIpc) is 2.84. The molecule has 1 fully saturated rings. The van der Waals surface area contributed by atoms with Crippen LogP contribution >= 0.6 is 58.2 Å². The highest BCUT2D eigenvalue weighted by atomic mass is 35.5. The molecule has 3 aliphatic rings. The molecule has 2 aliphatic heterocycles. The standard InChI is InChI=1S/C15H12Cl4N2O3S/c16-6-7(17)9(19)11-10(8(6)18)23-14-3-1-2-4-15(14,24-11)25-13(21)5(14)12(20)22/h1-4,21H2,(H2,20,22)/t14-,15+/m1/s1. The molecule has 5 nitrogen and oxygen atoms in total. The molecule has 25 heavy (non-hydrogen) atoms. The van der Waals surface area contributed by atoms with Gasteiger partial charge in [-0.05, 0) is 19.3 Å². The minimum absolute atomic E-state index is 0.0543. The zero-order valence-corrected chi connectivity index (χ0v) is 16.5. The summed E-state index contributed by atoms with van der Waals surface area (Å²) in [5.74, 6) is -0.305. The van der Waals surface area contributed by atoms with Gasteiger partial charge in [0, 0.05) is 6.42 Å². The van der Waals surface area contributed by atoms with Gasteiger partial charge in [-0.1, -0.05) is 58.2 Å². The third-order valence-electron chi connectivity index (χ3n) is 4.80. The van der Waals surface area contributed by atoms with E-state index in [1.165, 1.54) is 11.8 Å². The number of ether oxygens (including phenoxy) is 2. The van der Waals surface area contributed by atoms with E-state index in [2.05, 4.69) is 0 Å². The molecule has 4 N–H and O–H groups in total. The number of thioether (sulfide) groups is 1. The first-order chi connectivity index (χ1) is 11.7. The predicted octanol–water partition coefficient (Wildman–Crippen LogP) is 4.48. The maximum absolute atomic E-state index is 12.1. The number of carbonyl (C=O) groups is 1. The smallest absolute Gasteiger partial charge is 0.251 e. The topological polar surface area (TPSA) is 87.6 Å². The van der Waals surface area contributed by atoms with Crippen LogP contribution < -0.4 is 20.9 Å². The zero-order chi connectivity index (χ0) is 18.1. The second-order valence-corrected chi connectivity index (χ2v) is 8.93. The van der Waals surface area contributed by atoms with Gasteiger partial charge in [0.15, 0.2) is 17.1 Å². The van der Waals surface area contributed by atoms with Gasteiger partial charge in [-0.25, -0.2) is 0 Å². The Morgan fingerprint density at radius 2 is 1.52 bits per heavy atom. The Morgan fingerprint density at radius 3 is 2.12 bits per heavy atom. The van der Waals surface area contributed by atoms with Crippen molar-refractivity contribution in [1.82, 2.24) is 0 Å². The van der Waals surface area contributed by atoms with E-state index < -0.39 is 16.4 Å². The molecule has 0 aromatic heterocycles. The Morgan fingerprint density at radius 1 is 0.960 bits per heavy atom. The van der Waals surface area contributed by atoms with Crippen LogP contribution in [0.3, 0.4) is 0 Å². The molecule has 1 amide bonds. The minimum atomic E-state index is -1.14. The summed E-state index contributed by atoms with van der Waals surface area (Å²) in [4.78, 5) is 11.2. The van der Waals surface area contributed by atoms with Crippen LogP contribution in [0.2, 0.25) is 20.1 Å². The highest BCUT2D eigenvalue weighted by molar-refractivity contribution is 8.04. The van der Waals surface area contributed by atoms with Crippen molar-refractivity contribution < 1.29 is 14.3 Å². The Kier molecular flexibility index (Phi) is 4.02. The number of amides is 1. The molecule has 10 heteroatoms. The van der Waals surface area contributed by atoms with Crippen molar-refractivity contribution >= 4 is 64.1 Å². The van der Waals surface area contributed by atoms with Gasteiger partial charge in [0.25, 0.3) is 5.91 Å². The Hall–Kier alpha value is -0.660. The summed E-state index contributed by atoms with van der Waals surface area (Å²) in [6.45, 7) is 0. The lowest BCUT2D eigenvalue weighted by Crippen LogP contribution is -2.63. The van der Waals surface area contributed by atoms with E-state index in [1.807, 2.05) is 0 Å². The number of rotatable bonds is 1. The number of hydrogen-bond donors (Lipinski definition) is 2. The lowest BCUT2D eigenvalue weighted by Gasteiger charge is -2.51. The fraction of sp³-hybridized carbons (Fsp3) is 0.400. The second kappa shape index (κ2) is 5.67. The molecular weight excluding hydrogens is 430 g/mol. The molecule has 1 saturated carbocycles. The highest BCUT2D eigenvalue weighted by Crippen LogP contribution is 2.66. The first-order valence-corrected chi connectivity index (χ1v) is 9.80. The summed E-state index contributed by atoms with van der Waals surface area (Å²) in [6.07, 6.45) is 2.80. The van der Waals surface area contributed by atoms with Crippen molar-refractivity contribution in [2.75, 3.05) is 0 Å². The summed E-state index contributed by atoms with van der Waals surface area (Å²) in [5, 5.41) is 0.588. The van der Waals surface area contributed by atoms with Crippen molar-refractivity contribution in [1.29, 1.82) is 0 Å². The molecule has 2 atom stereocenters. The fourth-order valence-electron chi connectivity index (χ4n) is 3.77. The van der Waals surface area contributed by atoms with E-state index in [-0.39, 0.29) is 42.2 Å². The summed E-state index contributed by atoms with van der Waals surface area (Å²) in [5.41, 5.74) is 10.8. The molecule has 1 aromatic rings. The molecule has 0 bridgehead atoms. The van der Waals surface area contributed by atoms with Gasteiger partial charge in [0.05, 0.1) is 20.6 Å². The van der Waals surface area contributed by atoms with Crippen molar-refractivity contribution in [3.8, 4) is 11.5 Å². The second-order valence-electron chi connectivity index (χ2n) is 6.11. The van der Waals surface area contributed by atoms with E-state index >= 15 is 0 Å². The third kappa shape index (κ3) is 2.15. The van der Waals surface area contributed by atoms with Crippen LogP contribution in [0.4, 0.5) is 0 Å². The Bertz CT molecular complexity index is 862. The number of hydrogen-bond acceptors (Lipinski definition) is 5. The van der Waals surface area contributed by atoms with Gasteiger partial charge in [-0.2, -0.15) is 0 Å². The number of carbonyl (C=O) groups excluding carboxylic acids is 1. The van der Waals surface area contributed by atoms with Crippen LogP contribution in [-0.4, -0.2) is 16.4 Å². The SMILES string of the molecule is NC(=O)C1=C(N)S[C@@]23CCCC[C@@]12Oc1c(Cl)c(Cl)c(Cl)c(Cl)c1O3. The summed E-state index contributed by atoms with van der Waals surface area (Å²) >= 11 is 26.1. The maximum atomic E-state index is 12.1. The fourth-order valence-corrected chi connectivity index (χ4v) is 6.17. The molecule has 0 saturated heterocycles.